The second-order valence-corrected chi connectivity index (χ2v) is 5.71. The van der Waals surface area contributed by atoms with E-state index in [1.165, 1.54) is 32.1 Å². The first-order valence-electron chi connectivity index (χ1n) is 7.14. The molecule has 100 valence electrons. The van der Waals surface area contributed by atoms with Crippen LogP contribution in [-0.2, 0) is 9.47 Å². The van der Waals surface area contributed by atoms with E-state index < -0.39 is 0 Å². The Balaban J connectivity index is 1.76. The number of methoxy groups -OCH3 is 1. The first-order chi connectivity index (χ1) is 8.28. The molecule has 2 fully saturated rings. The smallest absolute Gasteiger partial charge is 0.106 e. The normalized spacial score (nSPS) is 38.5. The summed E-state index contributed by atoms with van der Waals surface area (Å²) in [5.41, 5.74) is -0.0564. The summed E-state index contributed by atoms with van der Waals surface area (Å²) in [5, 5.41) is 3.71. The van der Waals surface area contributed by atoms with Gasteiger partial charge in [-0.15, -0.1) is 0 Å². The third-order valence-corrected chi connectivity index (χ3v) is 4.57. The van der Waals surface area contributed by atoms with Crippen molar-refractivity contribution in [2.45, 2.75) is 57.1 Å². The molecule has 0 aromatic heterocycles. The van der Waals surface area contributed by atoms with E-state index >= 15 is 0 Å². The van der Waals surface area contributed by atoms with Crippen LogP contribution in [-0.4, -0.2) is 38.5 Å². The Hall–Kier alpha value is -0.120. The van der Waals surface area contributed by atoms with Crippen molar-refractivity contribution in [3.05, 3.63) is 0 Å². The van der Waals surface area contributed by atoms with Crippen LogP contribution in [0.1, 0.15) is 45.4 Å². The molecule has 0 spiro atoms. The van der Waals surface area contributed by atoms with E-state index in [-0.39, 0.29) is 5.60 Å². The summed E-state index contributed by atoms with van der Waals surface area (Å²) in [4.78, 5) is 0. The van der Waals surface area contributed by atoms with E-state index in [2.05, 4.69) is 12.2 Å². The standard InChI is InChI=1S/C14H27NO2/c1-3-12-5-4-6-13(9-12)15-10-14(16-2)7-8-17-11-14/h12-13,15H,3-11H2,1-2H3. The van der Waals surface area contributed by atoms with E-state index in [1.807, 2.05) is 7.11 Å². The Morgan fingerprint density at radius 3 is 2.94 bits per heavy atom. The Bertz CT molecular complexity index is 226. The lowest BCUT2D eigenvalue weighted by atomic mass is 9.84. The van der Waals surface area contributed by atoms with E-state index in [1.54, 1.807) is 0 Å². The third kappa shape index (κ3) is 3.43. The first-order valence-corrected chi connectivity index (χ1v) is 7.14. The molecule has 1 N–H and O–H groups in total. The molecule has 1 saturated carbocycles. The summed E-state index contributed by atoms with van der Waals surface area (Å²) >= 11 is 0. The summed E-state index contributed by atoms with van der Waals surface area (Å²) in [6, 6.07) is 0.696. The van der Waals surface area contributed by atoms with Gasteiger partial charge in [0.2, 0.25) is 0 Å². The highest BCUT2D eigenvalue weighted by Crippen LogP contribution is 2.28. The average Bonchev–Trinajstić information content (AvgIpc) is 2.86. The maximum atomic E-state index is 5.66. The minimum absolute atomic E-state index is 0.0564. The summed E-state index contributed by atoms with van der Waals surface area (Å²) in [6.45, 7) is 4.86. The zero-order valence-electron chi connectivity index (χ0n) is 11.3. The molecule has 1 aliphatic heterocycles. The highest BCUT2D eigenvalue weighted by molar-refractivity contribution is 4.89. The van der Waals surface area contributed by atoms with Gasteiger partial charge in [-0.25, -0.2) is 0 Å². The summed E-state index contributed by atoms with van der Waals surface area (Å²) in [7, 11) is 1.81. The van der Waals surface area contributed by atoms with Gasteiger partial charge in [0.1, 0.15) is 5.60 Å². The van der Waals surface area contributed by atoms with Gasteiger partial charge in [0.25, 0.3) is 0 Å². The lowest BCUT2D eigenvalue weighted by molar-refractivity contribution is -0.0186. The molecule has 3 nitrogen and oxygen atoms in total. The fraction of sp³-hybridized carbons (Fsp3) is 1.00. The topological polar surface area (TPSA) is 30.5 Å². The molecule has 1 heterocycles. The molecule has 3 heteroatoms. The fourth-order valence-electron chi connectivity index (χ4n) is 3.14. The van der Waals surface area contributed by atoms with Gasteiger partial charge in [-0.1, -0.05) is 26.2 Å². The molecule has 1 saturated heterocycles. The average molecular weight is 241 g/mol. The van der Waals surface area contributed by atoms with Gasteiger partial charge < -0.3 is 14.8 Å². The quantitative estimate of drug-likeness (QED) is 0.801. The molecule has 0 aromatic rings. The van der Waals surface area contributed by atoms with Crippen LogP contribution in [0.25, 0.3) is 0 Å². The van der Waals surface area contributed by atoms with Crippen LogP contribution in [0.5, 0.6) is 0 Å². The van der Waals surface area contributed by atoms with Crippen molar-refractivity contribution in [1.29, 1.82) is 0 Å². The molecule has 0 aromatic carbocycles. The summed E-state index contributed by atoms with van der Waals surface area (Å²) in [6.07, 6.45) is 7.84. The molecular weight excluding hydrogens is 214 g/mol. The number of rotatable bonds is 5. The Morgan fingerprint density at radius 2 is 2.29 bits per heavy atom. The lowest BCUT2D eigenvalue weighted by Gasteiger charge is -2.33. The van der Waals surface area contributed by atoms with Crippen molar-refractivity contribution in [2.24, 2.45) is 5.92 Å². The van der Waals surface area contributed by atoms with Crippen LogP contribution in [0.3, 0.4) is 0 Å². The van der Waals surface area contributed by atoms with Gasteiger partial charge in [0.15, 0.2) is 0 Å². The SMILES string of the molecule is CCC1CCCC(NCC2(OC)CCOC2)C1. The van der Waals surface area contributed by atoms with Crippen molar-refractivity contribution in [1.82, 2.24) is 5.32 Å². The van der Waals surface area contributed by atoms with Crippen LogP contribution in [0.4, 0.5) is 0 Å². The minimum atomic E-state index is -0.0564. The van der Waals surface area contributed by atoms with Crippen LogP contribution >= 0.6 is 0 Å². The molecule has 3 unspecified atom stereocenters. The Labute approximate surface area is 105 Å². The predicted octanol–water partition coefficient (Wildman–Crippen LogP) is 2.35. The maximum Gasteiger partial charge on any atom is 0.106 e. The zero-order valence-corrected chi connectivity index (χ0v) is 11.3. The van der Waals surface area contributed by atoms with E-state index in [9.17, 15) is 0 Å². The van der Waals surface area contributed by atoms with Crippen LogP contribution in [0, 0.1) is 5.92 Å². The van der Waals surface area contributed by atoms with Gasteiger partial charge in [-0.2, -0.15) is 0 Å². The van der Waals surface area contributed by atoms with Gasteiger partial charge in [-0.3, -0.25) is 0 Å². The van der Waals surface area contributed by atoms with Crippen LogP contribution < -0.4 is 5.32 Å². The number of hydrogen-bond donors (Lipinski definition) is 1. The van der Waals surface area contributed by atoms with E-state index in [0.29, 0.717) is 6.04 Å². The second-order valence-electron chi connectivity index (χ2n) is 5.71. The Morgan fingerprint density at radius 1 is 1.41 bits per heavy atom. The fourth-order valence-corrected chi connectivity index (χ4v) is 3.14. The zero-order chi connectivity index (χ0) is 12.1. The molecule has 17 heavy (non-hydrogen) atoms. The molecule has 0 amide bonds. The van der Waals surface area contributed by atoms with Crippen LogP contribution in [0.2, 0.25) is 0 Å². The van der Waals surface area contributed by atoms with Crippen molar-refractivity contribution in [2.75, 3.05) is 26.9 Å². The Kier molecular flexibility index (Phi) is 4.83. The van der Waals surface area contributed by atoms with Crippen molar-refractivity contribution < 1.29 is 9.47 Å². The number of ether oxygens (including phenoxy) is 2. The molecule has 2 rings (SSSR count). The lowest BCUT2D eigenvalue weighted by Crippen LogP contribution is -2.47. The van der Waals surface area contributed by atoms with E-state index in [0.717, 1.165) is 32.1 Å². The summed E-state index contributed by atoms with van der Waals surface area (Å²) < 4.78 is 11.1. The molecule has 0 radical (unpaired) electrons. The predicted molar refractivity (Wildman–Crippen MR) is 69.2 cm³/mol. The number of nitrogens with one attached hydrogen (secondary N) is 1. The number of hydrogen-bond acceptors (Lipinski definition) is 3. The van der Waals surface area contributed by atoms with Gasteiger partial charge in [0, 0.05) is 32.7 Å². The van der Waals surface area contributed by atoms with Gasteiger partial charge in [-0.05, 0) is 18.8 Å². The largest absolute Gasteiger partial charge is 0.378 e. The molecular formula is C14H27NO2. The maximum absolute atomic E-state index is 5.66. The monoisotopic (exact) mass is 241 g/mol. The third-order valence-electron chi connectivity index (χ3n) is 4.57. The van der Waals surface area contributed by atoms with Gasteiger partial charge >= 0.3 is 0 Å². The first kappa shape index (κ1) is 13.3. The van der Waals surface area contributed by atoms with Crippen molar-refractivity contribution >= 4 is 0 Å². The highest BCUT2D eigenvalue weighted by atomic mass is 16.5. The molecule has 2 aliphatic rings. The molecule has 3 atom stereocenters. The van der Waals surface area contributed by atoms with Crippen molar-refractivity contribution in [3.8, 4) is 0 Å². The summed E-state index contributed by atoms with van der Waals surface area (Å²) in [5.74, 6) is 0.930. The highest BCUT2D eigenvalue weighted by Gasteiger charge is 2.35. The molecule has 1 aliphatic carbocycles. The minimum Gasteiger partial charge on any atom is -0.378 e. The van der Waals surface area contributed by atoms with Crippen LogP contribution in [0.15, 0.2) is 0 Å². The van der Waals surface area contributed by atoms with E-state index in [4.69, 9.17) is 9.47 Å². The molecule has 0 bridgehead atoms. The van der Waals surface area contributed by atoms with Crippen molar-refractivity contribution in [3.63, 3.8) is 0 Å². The van der Waals surface area contributed by atoms with Gasteiger partial charge in [0.05, 0.1) is 6.61 Å². The second kappa shape index (κ2) is 6.17.